The van der Waals surface area contributed by atoms with Gasteiger partial charge in [-0.1, -0.05) is 6.07 Å². The molecule has 0 radical (unpaired) electrons. The Labute approximate surface area is 121 Å². The predicted octanol–water partition coefficient (Wildman–Crippen LogP) is 5.06. The molecule has 0 aliphatic heterocycles. The summed E-state index contributed by atoms with van der Waals surface area (Å²) in [5, 5.41) is 0. The summed E-state index contributed by atoms with van der Waals surface area (Å²) < 4.78 is 6.62. The molecule has 0 amide bonds. The predicted molar refractivity (Wildman–Crippen MR) is 80.1 cm³/mol. The van der Waals surface area contributed by atoms with E-state index in [4.69, 9.17) is 4.74 Å². The lowest BCUT2D eigenvalue weighted by molar-refractivity contribution is 0.101. The fourth-order valence-electron chi connectivity index (χ4n) is 1.92. The maximum absolute atomic E-state index is 11.3. The van der Waals surface area contributed by atoms with Crippen LogP contribution in [0.15, 0.2) is 40.9 Å². The molecular formula is C16H15BrO2. The van der Waals surface area contributed by atoms with E-state index in [0.29, 0.717) is 11.3 Å². The zero-order valence-corrected chi connectivity index (χ0v) is 12.7. The van der Waals surface area contributed by atoms with Crippen molar-refractivity contribution >= 4 is 21.7 Å². The Bertz CT molecular complexity index is 612. The van der Waals surface area contributed by atoms with E-state index in [2.05, 4.69) is 22.0 Å². The Hall–Kier alpha value is -1.61. The number of aryl methyl sites for hydroxylation is 2. The molecule has 19 heavy (non-hydrogen) atoms. The molecule has 0 bridgehead atoms. The minimum absolute atomic E-state index is 0.0404. The number of hydrogen-bond donors (Lipinski definition) is 0. The van der Waals surface area contributed by atoms with Gasteiger partial charge in [0.2, 0.25) is 0 Å². The van der Waals surface area contributed by atoms with Gasteiger partial charge >= 0.3 is 0 Å². The van der Waals surface area contributed by atoms with E-state index in [0.717, 1.165) is 21.3 Å². The van der Waals surface area contributed by atoms with Gasteiger partial charge in [-0.05, 0) is 78.2 Å². The summed E-state index contributed by atoms with van der Waals surface area (Å²) in [4.78, 5) is 11.3. The second-order valence-corrected chi connectivity index (χ2v) is 5.48. The lowest BCUT2D eigenvalue weighted by atomic mass is 10.1. The number of ether oxygens (including phenoxy) is 1. The van der Waals surface area contributed by atoms with E-state index < -0.39 is 0 Å². The molecule has 2 aromatic rings. The molecular weight excluding hydrogens is 304 g/mol. The highest BCUT2D eigenvalue weighted by molar-refractivity contribution is 9.10. The highest BCUT2D eigenvalue weighted by Gasteiger charge is 2.07. The molecule has 0 atom stereocenters. The average Bonchev–Trinajstić information content (AvgIpc) is 2.30. The zero-order valence-electron chi connectivity index (χ0n) is 11.2. The third-order valence-electron chi connectivity index (χ3n) is 2.76. The third kappa shape index (κ3) is 3.44. The van der Waals surface area contributed by atoms with Crippen LogP contribution >= 0.6 is 15.9 Å². The summed E-state index contributed by atoms with van der Waals surface area (Å²) in [5.74, 6) is 1.54. The molecule has 98 valence electrons. The summed E-state index contributed by atoms with van der Waals surface area (Å²) in [6.07, 6.45) is 0. The van der Waals surface area contributed by atoms with Crippen molar-refractivity contribution in [3.8, 4) is 11.5 Å². The van der Waals surface area contributed by atoms with E-state index in [9.17, 15) is 4.79 Å². The molecule has 0 aliphatic carbocycles. The van der Waals surface area contributed by atoms with E-state index >= 15 is 0 Å². The average molecular weight is 319 g/mol. The first kappa shape index (κ1) is 13.8. The summed E-state index contributed by atoms with van der Waals surface area (Å²) >= 11 is 3.43. The molecule has 0 saturated carbocycles. The second-order valence-electron chi connectivity index (χ2n) is 4.63. The molecule has 0 unspecified atom stereocenters. The summed E-state index contributed by atoms with van der Waals surface area (Å²) in [5.41, 5.74) is 2.98. The van der Waals surface area contributed by atoms with Crippen molar-refractivity contribution in [2.24, 2.45) is 0 Å². The first-order valence-corrected chi connectivity index (χ1v) is 6.81. The topological polar surface area (TPSA) is 26.3 Å². The van der Waals surface area contributed by atoms with E-state index in [1.54, 1.807) is 25.1 Å². The standard InChI is InChI=1S/C16H15BrO2/c1-10-6-11(2)8-14(7-10)19-16-5-4-13(12(3)18)9-15(16)17/h4-9H,1-3H3. The van der Waals surface area contributed by atoms with Crippen molar-refractivity contribution in [3.63, 3.8) is 0 Å². The Morgan fingerprint density at radius 3 is 2.21 bits per heavy atom. The van der Waals surface area contributed by atoms with Crippen molar-refractivity contribution in [3.05, 3.63) is 57.6 Å². The molecule has 2 rings (SSSR count). The lowest BCUT2D eigenvalue weighted by Crippen LogP contribution is -1.93. The maximum Gasteiger partial charge on any atom is 0.159 e. The molecule has 2 aromatic carbocycles. The van der Waals surface area contributed by atoms with Gasteiger partial charge in [-0.3, -0.25) is 4.79 Å². The van der Waals surface area contributed by atoms with Crippen LogP contribution in [0, 0.1) is 13.8 Å². The Balaban J connectivity index is 2.30. The lowest BCUT2D eigenvalue weighted by Gasteiger charge is -2.10. The SMILES string of the molecule is CC(=O)c1ccc(Oc2cc(C)cc(C)c2)c(Br)c1. The molecule has 3 heteroatoms. The summed E-state index contributed by atoms with van der Waals surface area (Å²) in [6, 6.07) is 11.4. The van der Waals surface area contributed by atoms with E-state index in [1.807, 2.05) is 26.0 Å². The van der Waals surface area contributed by atoms with Gasteiger partial charge in [-0.15, -0.1) is 0 Å². The normalized spacial score (nSPS) is 10.3. The van der Waals surface area contributed by atoms with Gasteiger partial charge in [-0.25, -0.2) is 0 Å². The molecule has 0 fully saturated rings. The monoisotopic (exact) mass is 318 g/mol. The Morgan fingerprint density at radius 2 is 1.68 bits per heavy atom. The molecule has 0 aliphatic rings. The minimum atomic E-state index is 0.0404. The van der Waals surface area contributed by atoms with Crippen LogP contribution in [0.3, 0.4) is 0 Å². The van der Waals surface area contributed by atoms with Gasteiger partial charge < -0.3 is 4.74 Å². The molecule has 0 spiro atoms. The molecule has 0 N–H and O–H groups in total. The summed E-state index contributed by atoms with van der Waals surface area (Å²) in [7, 11) is 0. The fraction of sp³-hybridized carbons (Fsp3) is 0.188. The number of halogens is 1. The van der Waals surface area contributed by atoms with Crippen LogP contribution in [0.5, 0.6) is 11.5 Å². The first-order valence-electron chi connectivity index (χ1n) is 6.02. The van der Waals surface area contributed by atoms with E-state index in [1.165, 1.54) is 0 Å². The molecule has 0 aromatic heterocycles. The highest BCUT2D eigenvalue weighted by atomic mass is 79.9. The quantitative estimate of drug-likeness (QED) is 0.739. The molecule has 2 nitrogen and oxygen atoms in total. The smallest absolute Gasteiger partial charge is 0.159 e. The van der Waals surface area contributed by atoms with Gasteiger partial charge in [0.1, 0.15) is 11.5 Å². The number of hydrogen-bond acceptors (Lipinski definition) is 2. The van der Waals surface area contributed by atoms with Gasteiger partial charge in [0.05, 0.1) is 4.47 Å². The van der Waals surface area contributed by atoms with Crippen molar-refractivity contribution in [2.75, 3.05) is 0 Å². The van der Waals surface area contributed by atoms with Gasteiger partial charge in [0.25, 0.3) is 0 Å². The van der Waals surface area contributed by atoms with Crippen molar-refractivity contribution in [2.45, 2.75) is 20.8 Å². The largest absolute Gasteiger partial charge is 0.456 e. The van der Waals surface area contributed by atoms with Crippen LogP contribution in [0.1, 0.15) is 28.4 Å². The van der Waals surface area contributed by atoms with Crippen molar-refractivity contribution < 1.29 is 9.53 Å². The van der Waals surface area contributed by atoms with Gasteiger partial charge in [0, 0.05) is 5.56 Å². The Morgan fingerprint density at radius 1 is 1.05 bits per heavy atom. The number of Topliss-reactive ketones (excluding diaryl/α,β-unsaturated/α-hetero) is 1. The van der Waals surface area contributed by atoms with Gasteiger partial charge in [-0.2, -0.15) is 0 Å². The van der Waals surface area contributed by atoms with E-state index in [-0.39, 0.29) is 5.78 Å². The number of ketones is 1. The minimum Gasteiger partial charge on any atom is -0.456 e. The van der Waals surface area contributed by atoms with Crippen LogP contribution in [0.4, 0.5) is 0 Å². The number of carbonyl (C=O) groups excluding carboxylic acids is 1. The molecule has 0 heterocycles. The second kappa shape index (κ2) is 5.57. The first-order chi connectivity index (χ1) is 8.95. The Kier molecular flexibility index (Phi) is 4.05. The molecule has 0 saturated heterocycles. The fourth-order valence-corrected chi connectivity index (χ4v) is 2.38. The zero-order chi connectivity index (χ0) is 14.0. The summed E-state index contributed by atoms with van der Waals surface area (Å²) in [6.45, 7) is 5.62. The highest BCUT2D eigenvalue weighted by Crippen LogP contribution is 2.31. The van der Waals surface area contributed by atoms with Crippen LogP contribution < -0.4 is 4.74 Å². The van der Waals surface area contributed by atoms with Crippen LogP contribution in [0.25, 0.3) is 0 Å². The third-order valence-corrected chi connectivity index (χ3v) is 3.38. The van der Waals surface area contributed by atoms with Crippen LogP contribution in [0.2, 0.25) is 0 Å². The number of benzene rings is 2. The van der Waals surface area contributed by atoms with Crippen LogP contribution in [-0.2, 0) is 0 Å². The van der Waals surface area contributed by atoms with Crippen molar-refractivity contribution in [1.82, 2.24) is 0 Å². The number of carbonyl (C=O) groups is 1. The maximum atomic E-state index is 11.3. The number of rotatable bonds is 3. The van der Waals surface area contributed by atoms with Crippen LogP contribution in [-0.4, -0.2) is 5.78 Å². The van der Waals surface area contributed by atoms with Gasteiger partial charge in [0.15, 0.2) is 5.78 Å². The van der Waals surface area contributed by atoms with Crippen molar-refractivity contribution in [1.29, 1.82) is 0 Å².